The van der Waals surface area contributed by atoms with Crippen LogP contribution in [-0.4, -0.2) is 16.7 Å². The number of amides is 1. The van der Waals surface area contributed by atoms with Crippen molar-refractivity contribution in [2.45, 2.75) is 45.4 Å². The highest BCUT2D eigenvalue weighted by Crippen LogP contribution is 2.60. The van der Waals surface area contributed by atoms with Crippen LogP contribution in [0.2, 0.25) is 0 Å². The Kier molecular flexibility index (Phi) is 3.43. The van der Waals surface area contributed by atoms with Crippen molar-refractivity contribution in [3.8, 4) is 5.75 Å². The first-order valence-electron chi connectivity index (χ1n) is 8.68. The number of hydrogen-bond acceptors (Lipinski definition) is 3. The molecule has 0 spiro atoms. The summed E-state index contributed by atoms with van der Waals surface area (Å²) in [5.41, 5.74) is 4.44. The minimum atomic E-state index is -0.259. The van der Waals surface area contributed by atoms with E-state index in [1.54, 1.807) is 18.2 Å². The molecule has 4 heteroatoms. The summed E-state index contributed by atoms with van der Waals surface area (Å²) in [7, 11) is 0. The van der Waals surface area contributed by atoms with E-state index in [0.29, 0.717) is 5.56 Å². The molecule has 0 unspecified atom stereocenters. The van der Waals surface area contributed by atoms with Crippen LogP contribution < -0.4 is 5.43 Å². The van der Waals surface area contributed by atoms with Gasteiger partial charge in [0.25, 0.3) is 5.91 Å². The summed E-state index contributed by atoms with van der Waals surface area (Å²) in [6.45, 7) is 2.08. The molecule has 0 aromatic heterocycles. The summed E-state index contributed by atoms with van der Waals surface area (Å²) < 4.78 is 0. The molecule has 23 heavy (non-hydrogen) atoms. The quantitative estimate of drug-likeness (QED) is 0.660. The zero-order valence-electron chi connectivity index (χ0n) is 13.6. The zero-order valence-corrected chi connectivity index (χ0v) is 13.6. The van der Waals surface area contributed by atoms with Crippen LogP contribution in [-0.2, 0) is 0 Å². The van der Waals surface area contributed by atoms with Gasteiger partial charge in [0.05, 0.1) is 0 Å². The van der Waals surface area contributed by atoms with Crippen molar-refractivity contribution in [3.63, 3.8) is 0 Å². The van der Waals surface area contributed by atoms with Crippen molar-refractivity contribution in [1.29, 1.82) is 0 Å². The summed E-state index contributed by atoms with van der Waals surface area (Å²) in [5.74, 6) is 2.44. The Balaban J connectivity index is 1.49. The first-order valence-corrected chi connectivity index (χ1v) is 8.68. The van der Waals surface area contributed by atoms with Crippen molar-refractivity contribution >= 4 is 11.6 Å². The molecule has 2 N–H and O–H groups in total. The maximum Gasteiger partial charge on any atom is 0.271 e. The first kappa shape index (κ1) is 14.7. The molecule has 0 atom stereocenters. The number of benzene rings is 1. The smallest absolute Gasteiger partial charge is 0.271 e. The van der Waals surface area contributed by atoms with Gasteiger partial charge in [-0.1, -0.05) is 6.07 Å². The molecule has 0 heterocycles. The van der Waals surface area contributed by atoms with E-state index < -0.39 is 0 Å². The Morgan fingerprint density at radius 1 is 1.17 bits per heavy atom. The number of carbonyl (C=O) groups excluding carboxylic acids is 1. The molecule has 0 aliphatic heterocycles. The number of phenolic OH excluding ortho intramolecular Hbond substituents is 1. The highest BCUT2D eigenvalue weighted by atomic mass is 16.3. The third-order valence-corrected chi connectivity index (χ3v) is 6.24. The van der Waals surface area contributed by atoms with E-state index in [1.165, 1.54) is 44.6 Å². The molecule has 4 aliphatic carbocycles. The highest BCUT2D eigenvalue weighted by Gasteiger charge is 2.52. The predicted molar refractivity (Wildman–Crippen MR) is 89.3 cm³/mol. The average molecular weight is 312 g/mol. The predicted octanol–water partition coefficient (Wildman–Crippen LogP) is 3.71. The molecule has 122 valence electrons. The fourth-order valence-electron chi connectivity index (χ4n) is 5.52. The van der Waals surface area contributed by atoms with Gasteiger partial charge in [0.2, 0.25) is 0 Å². The van der Waals surface area contributed by atoms with E-state index in [1.807, 2.05) is 0 Å². The van der Waals surface area contributed by atoms with Gasteiger partial charge in [0, 0.05) is 16.7 Å². The van der Waals surface area contributed by atoms with Gasteiger partial charge in [-0.25, -0.2) is 5.43 Å². The van der Waals surface area contributed by atoms with Gasteiger partial charge in [0.15, 0.2) is 0 Å². The molecule has 1 amide bonds. The van der Waals surface area contributed by atoms with E-state index in [-0.39, 0.29) is 17.1 Å². The average Bonchev–Trinajstić information content (AvgIpc) is 2.51. The SMILES string of the molecule is CC(=NNC(=O)c1cccc(O)c1)C12CC3CC(CC(C3)C1)C2. The van der Waals surface area contributed by atoms with E-state index in [4.69, 9.17) is 0 Å². The number of nitrogens with zero attached hydrogens (tertiary/aromatic N) is 1. The Hall–Kier alpha value is -1.84. The Bertz CT molecular complexity index is 630. The van der Waals surface area contributed by atoms with Gasteiger partial charge in [-0.05, 0) is 81.4 Å². The standard InChI is InChI=1S/C19H24N2O2/c1-12(20-21-18(23)16-3-2-4-17(22)8-16)19-9-13-5-14(10-19)7-15(6-13)11-19/h2-4,8,13-15,22H,5-7,9-11H2,1H3,(H,21,23). The monoisotopic (exact) mass is 312 g/mol. The van der Waals surface area contributed by atoms with Gasteiger partial charge in [-0.15, -0.1) is 0 Å². The van der Waals surface area contributed by atoms with Crippen molar-refractivity contribution < 1.29 is 9.90 Å². The lowest BCUT2D eigenvalue weighted by molar-refractivity contribution is -0.0128. The van der Waals surface area contributed by atoms with Crippen LogP contribution in [0.3, 0.4) is 0 Å². The number of nitrogens with one attached hydrogen (secondary N) is 1. The summed E-state index contributed by atoms with van der Waals surface area (Å²) >= 11 is 0. The van der Waals surface area contributed by atoms with Crippen LogP contribution in [0.4, 0.5) is 0 Å². The van der Waals surface area contributed by atoms with Crippen LogP contribution in [0.1, 0.15) is 55.8 Å². The van der Waals surface area contributed by atoms with Crippen molar-refractivity contribution in [2.24, 2.45) is 28.3 Å². The van der Waals surface area contributed by atoms with Crippen molar-refractivity contribution in [3.05, 3.63) is 29.8 Å². The third kappa shape index (κ3) is 2.64. The van der Waals surface area contributed by atoms with Crippen LogP contribution in [0.25, 0.3) is 0 Å². The molecular formula is C19H24N2O2. The van der Waals surface area contributed by atoms with Gasteiger partial charge in [0.1, 0.15) is 5.75 Å². The molecular weight excluding hydrogens is 288 g/mol. The summed E-state index contributed by atoms with van der Waals surface area (Å²) in [6.07, 6.45) is 7.95. The number of hydrazone groups is 1. The largest absolute Gasteiger partial charge is 0.508 e. The van der Waals surface area contributed by atoms with Crippen LogP contribution in [0.15, 0.2) is 29.4 Å². The maximum atomic E-state index is 12.2. The molecule has 4 fully saturated rings. The first-order chi connectivity index (χ1) is 11.0. The molecule has 5 rings (SSSR count). The third-order valence-electron chi connectivity index (χ3n) is 6.24. The molecule has 1 aromatic carbocycles. The zero-order chi connectivity index (χ0) is 16.0. The van der Waals surface area contributed by atoms with Crippen LogP contribution in [0, 0.1) is 23.2 Å². The number of carbonyl (C=O) groups is 1. The fraction of sp³-hybridized carbons (Fsp3) is 0.579. The van der Waals surface area contributed by atoms with Gasteiger partial charge in [-0.2, -0.15) is 5.10 Å². The Labute approximate surface area is 137 Å². The highest BCUT2D eigenvalue weighted by molar-refractivity contribution is 5.96. The maximum absolute atomic E-state index is 12.2. The molecule has 0 radical (unpaired) electrons. The van der Waals surface area contributed by atoms with Crippen molar-refractivity contribution in [1.82, 2.24) is 5.43 Å². The van der Waals surface area contributed by atoms with Crippen LogP contribution >= 0.6 is 0 Å². The Morgan fingerprint density at radius 3 is 2.35 bits per heavy atom. The van der Waals surface area contributed by atoms with E-state index in [9.17, 15) is 9.90 Å². The molecule has 1 aromatic rings. The second-order valence-electron chi connectivity index (χ2n) is 7.89. The normalized spacial score (nSPS) is 35.3. The second kappa shape index (κ2) is 5.36. The molecule has 0 saturated heterocycles. The molecule has 4 aliphatic rings. The van der Waals surface area contributed by atoms with Crippen molar-refractivity contribution in [2.75, 3.05) is 0 Å². The fourth-order valence-corrected chi connectivity index (χ4v) is 5.52. The minimum Gasteiger partial charge on any atom is -0.508 e. The lowest BCUT2D eigenvalue weighted by Crippen LogP contribution is -2.49. The number of rotatable bonds is 3. The molecule has 4 nitrogen and oxygen atoms in total. The molecule has 4 saturated carbocycles. The topological polar surface area (TPSA) is 61.7 Å². The lowest BCUT2D eigenvalue weighted by Gasteiger charge is -2.56. The summed E-state index contributed by atoms with van der Waals surface area (Å²) in [4.78, 5) is 12.2. The second-order valence-corrected chi connectivity index (χ2v) is 7.89. The van der Waals surface area contributed by atoms with E-state index >= 15 is 0 Å². The number of aromatic hydroxyl groups is 1. The minimum absolute atomic E-state index is 0.0967. The molecule has 4 bridgehead atoms. The van der Waals surface area contributed by atoms with E-state index in [2.05, 4.69) is 17.5 Å². The van der Waals surface area contributed by atoms with Gasteiger partial charge < -0.3 is 5.11 Å². The van der Waals surface area contributed by atoms with Gasteiger partial charge in [-0.3, -0.25) is 4.79 Å². The summed E-state index contributed by atoms with van der Waals surface area (Å²) in [5, 5.41) is 13.9. The lowest BCUT2D eigenvalue weighted by atomic mass is 9.48. The van der Waals surface area contributed by atoms with E-state index in [0.717, 1.165) is 23.5 Å². The number of hydrogen-bond donors (Lipinski definition) is 2. The summed E-state index contributed by atoms with van der Waals surface area (Å²) in [6, 6.07) is 6.37. The number of phenols is 1. The van der Waals surface area contributed by atoms with Crippen LogP contribution in [0.5, 0.6) is 5.75 Å². The van der Waals surface area contributed by atoms with Gasteiger partial charge >= 0.3 is 0 Å². The Morgan fingerprint density at radius 2 is 1.78 bits per heavy atom.